The molecular weight excluding hydrogens is 244 g/mol. The summed E-state index contributed by atoms with van der Waals surface area (Å²) in [6.07, 6.45) is 3.74. The highest BCUT2D eigenvalue weighted by Crippen LogP contribution is 2.16. The highest BCUT2D eigenvalue weighted by Gasteiger charge is 2.27. The average molecular weight is 274 g/mol. The second kappa shape index (κ2) is 7.80. The summed E-state index contributed by atoms with van der Waals surface area (Å²) in [5, 5.41) is 3.75. The Balaban J connectivity index is 1.98. The van der Waals surface area contributed by atoms with Gasteiger partial charge in [-0.3, -0.25) is 4.90 Å². The van der Waals surface area contributed by atoms with Gasteiger partial charge in [0.15, 0.2) is 0 Å². The van der Waals surface area contributed by atoms with Gasteiger partial charge in [0.1, 0.15) is 0 Å². The first-order chi connectivity index (χ1) is 9.69. The maximum absolute atomic E-state index is 3.75. The van der Waals surface area contributed by atoms with Gasteiger partial charge in [-0.05, 0) is 24.3 Å². The molecule has 0 aromatic heterocycles. The highest BCUT2D eigenvalue weighted by molar-refractivity contribution is 5.16. The fourth-order valence-corrected chi connectivity index (χ4v) is 3.25. The number of hydrogen-bond donors (Lipinski definition) is 1. The van der Waals surface area contributed by atoms with Crippen molar-refractivity contribution in [2.75, 3.05) is 19.6 Å². The van der Waals surface area contributed by atoms with Crippen molar-refractivity contribution in [1.82, 2.24) is 10.2 Å². The van der Waals surface area contributed by atoms with E-state index < -0.39 is 0 Å². The summed E-state index contributed by atoms with van der Waals surface area (Å²) >= 11 is 0. The van der Waals surface area contributed by atoms with Crippen molar-refractivity contribution in [3.63, 3.8) is 0 Å². The lowest BCUT2D eigenvalue weighted by Crippen LogP contribution is -2.57. The largest absolute Gasteiger partial charge is 0.311 e. The summed E-state index contributed by atoms with van der Waals surface area (Å²) in [6.45, 7) is 10.5. The molecule has 2 atom stereocenters. The highest BCUT2D eigenvalue weighted by atomic mass is 15.2. The Morgan fingerprint density at radius 1 is 1.25 bits per heavy atom. The molecule has 0 saturated carbocycles. The summed E-state index contributed by atoms with van der Waals surface area (Å²) < 4.78 is 0. The van der Waals surface area contributed by atoms with Crippen LogP contribution in [0.15, 0.2) is 30.3 Å². The Morgan fingerprint density at radius 2 is 2.00 bits per heavy atom. The first-order valence-electron chi connectivity index (χ1n) is 8.20. The monoisotopic (exact) mass is 274 g/mol. The first-order valence-corrected chi connectivity index (χ1v) is 8.20. The molecule has 2 rings (SSSR count). The van der Waals surface area contributed by atoms with E-state index in [4.69, 9.17) is 0 Å². The van der Waals surface area contributed by atoms with Crippen molar-refractivity contribution in [2.45, 2.75) is 52.1 Å². The number of benzene rings is 1. The number of hydrogen-bond acceptors (Lipinski definition) is 2. The minimum absolute atomic E-state index is 0.646. The van der Waals surface area contributed by atoms with Crippen molar-refractivity contribution < 1.29 is 0 Å². The van der Waals surface area contributed by atoms with E-state index in [2.05, 4.69) is 61.3 Å². The molecule has 0 amide bonds. The van der Waals surface area contributed by atoms with Gasteiger partial charge in [-0.15, -0.1) is 0 Å². The van der Waals surface area contributed by atoms with Crippen molar-refractivity contribution in [2.24, 2.45) is 5.92 Å². The summed E-state index contributed by atoms with van der Waals surface area (Å²) in [5.74, 6) is 0.744. The van der Waals surface area contributed by atoms with E-state index >= 15 is 0 Å². The molecule has 20 heavy (non-hydrogen) atoms. The predicted molar refractivity (Wildman–Crippen MR) is 87.0 cm³/mol. The third kappa shape index (κ3) is 4.60. The van der Waals surface area contributed by atoms with Gasteiger partial charge in [0, 0.05) is 31.7 Å². The lowest BCUT2D eigenvalue weighted by molar-refractivity contribution is 0.112. The molecule has 1 heterocycles. The third-order valence-corrected chi connectivity index (χ3v) is 4.16. The van der Waals surface area contributed by atoms with Gasteiger partial charge in [0.05, 0.1) is 0 Å². The van der Waals surface area contributed by atoms with E-state index in [1.165, 1.54) is 37.9 Å². The third-order valence-electron chi connectivity index (χ3n) is 4.16. The second-order valence-electron chi connectivity index (χ2n) is 6.59. The van der Waals surface area contributed by atoms with Crippen LogP contribution in [0.5, 0.6) is 0 Å². The Bertz CT molecular complexity index is 374. The molecule has 0 aliphatic carbocycles. The van der Waals surface area contributed by atoms with E-state index in [9.17, 15) is 0 Å². The molecule has 1 aromatic rings. The zero-order valence-corrected chi connectivity index (χ0v) is 13.3. The normalized spacial score (nSPS) is 24.2. The van der Waals surface area contributed by atoms with Crippen LogP contribution in [-0.2, 0) is 6.42 Å². The topological polar surface area (TPSA) is 15.3 Å². The molecule has 1 aromatic carbocycles. The standard InChI is InChI=1S/C18H30N2/c1-4-8-17-14-20(13-15(2)3)18(12-19-17)11-16-9-6-5-7-10-16/h5-7,9-10,15,17-19H,4,8,11-14H2,1-3H3. The van der Waals surface area contributed by atoms with Gasteiger partial charge in [0.25, 0.3) is 0 Å². The Labute approximate surface area is 124 Å². The van der Waals surface area contributed by atoms with Gasteiger partial charge < -0.3 is 5.32 Å². The Morgan fingerprint density at radius 3 is 2.65 bits per heavy atom. The van der Waals surface area contributed by atoms with Crippen LogP contribution in [0, 0.1) is 5.92 Å². The molecule has 1 aliphatic heterocycles. The fourth-order valence-electron chi connectivity index (χ4n) is 3.25. The Hall–Kier alpha value is -0.860. The molecule has 0 spiro atoms. The van der Waals surface area contributed by atoms with Gasteiger partial charge in [-0.25, -0.2) is 0 Å². The quantitative estimate of drug-likeness (QED) is 0.856. The van der Waals surface area contributed by atoms with Crippen LogP contribution in [0.3, 0.4) is 0 Å². The fraction of sp³-hybridized carbons (Fsp3) is 0.667. The molecule has 1 saturated heterocycles. The van der Waals surface area contributed by atoms with Crippen molar-refractivity contribution >= 4 is 0 Å². The van der Waals surface area contributed by atoms with E-state index in [1.807, 2.05) is 0 Å². The molecular formula is C18H30N2. The summed E-state index contributed by atoms with van der Waals surface area (Å²) in [7, 11) is 0. The van der Waals surface area contributed by atoms with Gasteiger partial charge in [0.2, 0.25) is 0 Å². The molecule has 2 unspecified atom stereocenters. The van der Waals surface area contributed by atoms with Gasteiger partial charge in [-0.1, -0.05) is 57.5 Å². The van der Waals surface area contributed by atoms with Crippen LogP contribution in [0.25, 0.3) is 0 Å². The van der Waals surface area contributed by atoms with Crippen LogP contribution in [0.2, 0.25) is 0 Å². The molecule has 2 nitrogen and oxygen atoms in total. The number of rotatable bonds is 6. The Kier molecular flexibility index (Phi) is 6.06. The van der Waals surface area contributed by atoms with Crippen molar-refractivity contribution in [3.05, 3.63) is 35.9 Å². The van der Waals surface area contributed by atoms with Crippen LogP contribution < -0.4 is 5.32 Å². The zero-order valence-electron chi connectivity index (χ0n) is 13.3. The SMILES string of the molecule is CCCC1CN(CC(C)C)C(Cc2ccccc2)CN1. The smallest absolute Gasteiger partial charge is 0.0261 e. The number of nitrogens with one attached hydrogen (secondary N) is 1. The van der Waals surface area contributed by atoms with Crippen molar-refractivity contribution in [3.8, 4) is 0 Å². The number of nitrogens with zero attached hydrogens (tertiary/aromatic N) is 1. The maximum Gasteiger partial charge on any atom is 0.0261 e. The molecule has 1 N–H and O–H groups in total. The van der Waals surface area contributed by atoms with Crippen molar-refractivity contribution in [1.29, 1.82) is 0 Å². The van der Waals surface area contributed by atoms with Gasteiger partial charge in [-0.2, -0.15) is 0 Å². The van der Waals surface area contributed by atoms with Crippen LogP contribution >= 0.6 is 0 Å². The first kappa shape index (κ1) is 15.5. The van der Waals surface area contributed by atoms with E-state index in [0.29, 0.717) is 12.1 Å². The minimum Gasteiger partial charge on any atom is -0.311 e. The van der Waals surface area contributed by atoms with Crippen LogP contribution in [0.1, 0.15) is 39.2 Å². The van der Waals surface area contributed by atoms with Crippen LogP contribution in [0.4, 0.5) is 0 Å². The number of piperazine rings is 1. The molecule has 112 valence electrons. The van der Waals surface area contributed by atoms with E-state index in [0.717, 1.165) is 12.5 Å². The molecule has 1 aliphatic rings. The summed E-state index contributed by atoms with van der Waals surface area (Å²) in [4.78, 5) is 2.72. The molecule has 1 fully saturated rings. The predicted octanol–water partition coefficient (Wildman–Crippen LogP) is 3.33. The maximum atomic E-state index is 3.75. The lowest BCUT2D eigenvalue weighted by Gasteiger charge is -2.41. The van der Waals surface area contributed by atoms with Crippen LogP contribution in [-0.4, -0.2) is 36.6 Å². The zero-order chi connectivity index (χ0) is 14.4. The van der Waals surface area contributed by atoms with Gasteiger partial charge >= 0.3 is 0 Å². The average Bonchev–Trinajstić information content (AvgIpc) is 2.42. The van der Waals surface area contributed by atoms with E-state index in [1.54, 1.807) is 0 Å². The summed E-state index contributed by atoms with van der Waals surface area (Å²) in [5.41, 5.74) is 1.46. The molecule has 2 heteroatoms. The summed E-state index contributed by atoms with van der Waals surface area (Å²) in [6, 6.07) is 12.2. The lowest BCUT2D eigenvalue weighted by atomic mass is 9.98. The minimum atomic E-state index is 0.646. The second-order valence-corrected chi connectivity index (χ2v) is 6.59. The van der Waals surface area contributed by atoms with E-state index in [-0.39, 0.29) is 0 Å². The molecule has 0 radical (unpaired) electrons. The molecule has 0 bridgehead atoms.